The Labute approximate surface area is 190 Å². The molecule has 31 heavy (non-hydrogen) atoms. The minimum absolute atomic E-state index is 0.00767. The number of nitrogens with zero attached hydrogens (tertiary/aromatic N) is 7. The van der Waals surface area contributed by atoms with Crippen molar-refractivity contribution in [3.8, 4) is 0 Å². The van der Waals surface area contributed by atoms with Crippen LogP contribution in [0, 0.1) is 17.0 Å². The predicted molar refractivity (Wildman–Crippen MR) is 118 cm³/mol. The lowest BCUT2D eigenvalue weighted by atomic mass is 10.2. The van der Waals surface area contributed by atoms with Crippen LogP contribution in [0.3, 0.4) is 0 Å². The molecule has 0 aliphatic carbocycles. The molecule has 1 aromatic carbocycles. The van der Waals surface area contributed by atoms with Crippen molar-refractivity contribution in [2.45, 2.75) is 26.4 Å². The summed E-state index contributed by atoms with van der Waals surface area (Å²) in [7, 11) is 0. The lowest BCUT2D eigenvalue weighted by molar-refractivity contribution is -0.385. The van der Waals surface area contributed by atoms with Gasteiger partial charge in [-0.2, -0.15) is 10.2 Å². The monoisotopic (exact) mass is 478 g/mol. The third-order valence-corrected chi connectivity index (χ3v) is 6.00. The second-order valence-electron chi connectivity index (χ2n) is 6.59. The Morgan fingerprint density at radius 2 is 1.94 bits per heavy atom. The molecule has 13 heteroatoms. The molecule has 0 amide bonds. The Balaban J connectivity index is 1.36. The first-order chi connectivity index (χ1) is 14.9. The topological polar surface area (TPSA) is 117 Å². The van der Waals surface area contributed by atoms with Crippen LogP contribution in [0.25, 0.3) is 0 Å². The summed E-state index contributed by atoms with van der Waals surface area (Å²) in [4.78, 5) is 10.5. The number of benzene rings is 1. The van der Waals surface area contributed by atoms with Crippen LogP contribution in [0.15, 0.2) is 36.7 Å². The molecule has 10 nitrogen and oxygen atoms in total. The second kappa shape index (κ2) is 9.00. The first-order valence-electron chi connectivity index (χ1n) is 9.13. The normalized spacial score (nSPS) is 11.1. The van der Waals surface area contributed by atoms with E-state index in [1.807, 2.05) is 12.3 Å². The summed E-state index contributed by atoms with van der Waals surface area (Å²) in [5.41, 5.74) is 1.19. The maximum absolute atomic E-state index is 10.9. The van der Waals surface area contributed by atoms with Crippen LogP contribution in [0.1, 0.15) is 16.3 Å². The van der Waals surface area contributed by atoms with E-state index in [1.165, 1.54) is 17.5 Å². The molecule has 0 saturated carbocycles. The summed E-state index contributed by atoms with van der Waals surface area (Å²) >= 11 is 13.8. The first kappa shape index (κ1) is 21.2. The van der Waals surface area contributed by atoms with Gasteiger partial charge in [0, 0.05) is 40.8 Å². The van der Waals surface area contributed by atoms with Crippen molar-refractivity contribution >= 4 is 51.2 Å². The van der Waals surface area contributed by atoms with Crippen molar-refractivity contribution in [2.24, 2.45) is 0 Å². The largest absolute Gasteiger partial charge is 0.313 e. The lowest BCUT2D eigenvalue weighted by Crippen LogP contribution is -2.02. The Kier molecular flexibility index (Phi) is 6.16. The number of aryl methyl sites for hydroxylation is 3. The van der Waals surface area contributed by atoms with Gasteiger partial charge in [-0.25, -0.2) is 0 Å². The van der Waals surface area contributed by atoms with Crippen LogP contribution in [0.4, 0.5) is 16.6 Å². The SMILES string of the molecule is Cc1nn(CCc2nnc(Nc3ccn(Cc4c(Cl)cccc4Cl)n3)s2)cc1[N+](=O)[O-]. The minimum atomic E-state index is -0.440. The summed E-state index contributed by atoms with van der Waals surface area (Å²) in [6.07, 6.45) is 3.79. The first-order valence-corrected chi connectivity index (χ1v) is 10.7. The van der Waals surface area contributed by atoms with E-state index < -0.39 is 4.92 Å². The minimum Gasteiger partial charge on any atom is -0.313 e. The van der Waals surface area contributed by atoms with Crippen molar-refractivity contribution in [3.05, 3.63) is 73.1 Å². The molecule has 0 unspecified atom stereocenters. The fourth-order valence-corrected chi connectivity index (χ4v) is 4.14. The standard InChI is InChI=1S/C18H16Cl2N8O2S/c1-11-15(28(29)30)10-27(24-11)8-6-17-22-23-18(31-17)21-16-5-7-26(25-16)9-12-13(19)3-2-4-14(12)20/h2-5,7,10H,6,8-9H2,1H3,(H,21,23,25). The van der Waals surface area contributed by atoms with Crippen molar-refractivity contribution in [1.29, 1.82) is 0 Å². The number of halogens is 2. The van der Waals surface area contributed by atoms with Gasteiger partial charge in [-0.15, -0.1) is 10.2 Å². The van der Waals surface area contributed by atoms with E-state index >= 15 is 0 Å². The van der Waals surface area contributed by atoms with E-state index in [4.69, 9.17) is 23.2 Å². The van der Waals surface area contributed by atoms with E-state index in [2.05, 4.69) is 25.7 Å². The highest BCUT2D eigenvalue weighted by Gasteiger charge is 2.16. The van der Waals surface area contributed by atoms with Crippen LogP contribution >= 0.6 is 34.5 Å². The fraction of sp³-hybridized carbons (Fsp3) is 0.222. The quantitative estimate of drug-likeness (QED) is 0.292. The van der Waals surface area contributed by atoms with Crippen molar-refractivity contribution < 1.29 is 4.92 Å². The van der Waals surface area contributed by atoms with Crippen LogP contribution < -0.4 is 5.32 Å². The Morgan fingerprint density at radius 1 is 1.16 bits per heavy atom. The molecule has 4 aromatic rings. The number of nitro groups is 1. The number of hydrogen-bond acceptors (Lipinski definition) is 8. The molecule has 0 saturated heterocycles. The van der Waals surface area contributed by atoms with Gasteiger partial charge in [0.1, 0.15) is 16.9 Å². The molecule has 4 rings (SSSR count). The van der Waals surface area contributed by atoms with Gasteiger partial charge in [0.2, 0.25) is 5.13 Å². The predicted octanol–water partition coefficient (Wildman–Crippen LogP) is 4.49. The average Bonchev–Trinajstić information content (AvgIpc) is 3.44. The van der Waals surface area contributed by atoms with Gasteiger partial charge in [0.05, 0.1) is 11.5 Å². The van der Waals surface area contributed by atoms with Crippen LogP contribution in [0.2, 0.25) is 10.0 Å². The maximum Gasteiger partial charge on any atom is 0.309 e. The molecular formula is C18H16Cl2N8O2S. The molecule has 0 spiro atoms. The molecule has 0 aliphatic heterocycles. The molecular weight excluding hydrogens is 463 g/mol. The van der Waals surface area contributed by atoms with Gasteiger partial charge in [-0.3, -0.25) is 19.5 Å². The van der Waals surface area contributed by atoms with Crippen LogP contribution in [-0.4, -0.2) is 34.7 Å². The van der Waals surface area contributed by atoms with Gasteiger partial charge in [-0.1, -0.05) is 40.6 Å². The average molecular weight is 479 g/mol. The molecule has 160 valence electrons. The van der Waals surface area contributed by atoms with Gasteiger partial charge in [-0.05, 0) is 19.1 Å². The third kappa shape index (κ3) is 5.01. The Bertz CT molecular complexity index is 1210. The van der Waals surface area contributed by atoms with E-state index in [0.717, 1.165) is 10.6 Å². The summed E-state index contributed by atoms with van der Waals surface area (Å²) < 4.78 is 3.27. The molecule has 1 N–H and O–H groups in total. The molecule has 3 aromatic heterocycles. The zero-order chi connectivity index (χ0) is 22.0. The van der Waals surface area contributed by atoms with E-state index in [1.54, 1.807) is 34.5 Å². The summed E-state index contributed by atoms with van der Waals surface area (Å²) in [6.45, 7) is 2.52. The molecule has 0 bridgehead atoms. The second-order valence-corrected chi connectivity index (χ2v) is 8.47. The number of aromatic nitrogens is 6. The summed E-state index contributed by atoms with van der Waals surface area (Å²) in [5.74, 6) is 0.615. The van der Waals surface area contributed by atoms with E-state index in [9.17, 15) is 10.1 Å². The Hall–Kier alpha value is -3.02. The number of rotatable bonds is 8. The van der Waals surface area contributed by atoms with Gasteiger partial charge >= 0.3 is 5.69 Å². The number of hydrogen-bond donors (Lipinski definition) is 1. The van der Waals surface area contributed by atoms with Crippen molar-refractivity contribution in [3.63, 3.8) is 0 Å². The zero-order valence-corrected chi connectivity index (χ0v) is 18.5. The fourth-order valence-electron chi connectivity index (χ4n) is 2.89. The van der Waals surface area contributed by atoms with Crippen LogP contribution in [-0.2, 0) is 19.5 Å². The number of nitrogens with one attached hydrogen (secondary N) is 1. The summed E-state index contributed by atoms with van der Waals surface area (Å²) in [5, 5.41) is 33.5. The smallest absolute Gasteiger partial charge is 0.309 e. The highest BCUT2D eigenvalue weighted by molar-refractivity contribution is 7.15. The van der Waals surface area contributed by atoms with Gasteiger partial charge in [0.25, 0.3) is 0 Å². The van der Waals surface area contributed by atoms with Crippen molar-refractivity contribution in [1.82, 2.24) is 29.8 Å². The Morgan fingerprint density at radius 3 is 2.65 bits per heavy atom. The van der Waals surface area contributed by atoms with Gasteiger partial charge < -0.3 is 5.32 Å². The highest BCUT2D eigenvalue weighted by Crippen LogP contribution is 2.26. The molecule has 0 fully saturated rings. The van der Waals surface area contributed by atoms with Gasteiger partial charge in [0.15, 0.2) is 5.82 Å². The molecule has 0 atom stereocenters. The lowest BCUT2D eigenvalue weighted by Gasteiger charge is -2.06. The molecule has 0 aliphatic rings. The highest BCUT2D eigenvalue weighted by atomic mass is 35.5. The summed E-state index contributed by atoms with van der Waals surface area (Å²) in [6, 6.07) is 7.19. The van der Waals surface area contributed by atoms with E-state index in [0.29, 0.717) is 46.2 Å². The maximum atomic E-state index is 10.9. The zero-order valence-electron chi connectivity index (χ0n) is 16.2. The van der Waals surface area contributed by atoms with E-state index in [-0.39, 0.29) is 5.69 Å². The van der Waals surface area contributed by atoms with Crippen molar-refractivity contribution in [2.75, 3.05) is 5.32 Å². The molecule has 0 radical (unpaired) electrons. The van der Waals surface area contributed by atoms with Crippen LogP contribution in [0.5, 0.6) is 0 Å². The third-order valence-electron chi connectivity index (χ3n) is 4.40. The number of anilines is 2. The molecule has 3 heterocycles.